The molecule has 1 saturated carbocycles. The molecule has 110 valence electrons. The quantitative estimate of drug-likeness (QED) is 0.600. The van der Waals surface area contributed by atoms with Crippen LogP contribution in [-0.2, 0) is 4.79 Å². The van der Waals surface area contributed by atoms with Gasteiger partial charge in [-0.25, -0.2) is 4.79 Å². The number of nitrogens with zero attached hydrogens (tertiary/aromatic N) is 1. The van der Waals surface area contributed by atoms with Crippen molar-refractivity contribution in [3.05, 3.63) is 0 Å². The number of aliphatic carboxylic acids is 1. The molecule has 0 aromatic rings. The Labute approximate surface area is 114 Å². The summed E-state index contributed by atoms with van der Waals surface area (Å²) in [6.45, 7) is 1.75. The van der Waals surface area contributed by atoms with Crippen LogP contribution in [0.15, 0.2) is 0 Å². The molecule has 1 rings (SSSR count). The fourth-order valence-corrected chi connectivity index (χ4v) is 2.49. The lowest BCUT2D eigenvalue weighted by Gasteiger charge is -2.26. The molecule has 0 aromatic heterocycles. The topological polar surface area (TPSA) is 81.7 Å². The Bertz CT molecular complexity index is 314. The van der Waals surface area contributed by atoms with Gasteiger partial charge in [0.2, 0.25) is 0 Å². The third kappa shape index (κ3) is 4.38. The fraction of sp³-hybridized carbons (Fsp3) is 0.846. The molecule has 6 nitrogen and oxygen atoms in total. The molecule has 1 aliphatic carbocycles. The van der Waals surface area contributed by atoms with Gasteiger partial charge < -0.3 is 20.6 Å². The zero-order valence-electron chi connectivity index (χ0n) is 11.9. The third-order valence-electron chi connectivity index (χ3n) is 3.86. The van der Waals surface area contributed by atoms with E-state index in [9.17, 15) is 14.7 Å². The van der Waals surface area contributed by atoms with E-state index in [4.69, 9.17) is 0 Å². The van der Waals surface area contributed by atoms with Gasteiger partial charge in [-0.05, 0) is 32.9 Å². The minimum atomic E-state index is -0.789. The summed E-state index contributed by atoms with van der Waals surface area (Å²) in [5, 5.41) is 15.1. The molecular weight excluding hydrogens is 246 g/mol. The van der Waals surface area contributed by atoms with E-state index in [1.165, 1.54) is 0 Å². The third-order valence-corrected chi connectivity index (χ3v) is 3.86. The van der Waals surface area contributed by atoms with E-state index in [-0.39, 0.29) is 12.6 Å². The lowest BCUT2D eigenvalue weighted by molar-refractivity contribution is -0.148. The van der Waals surface area contributed by atoms with Gasteiger partial charge in [-0.3, -0.25) is 4.79 Å². The van der Waals surface area contributed by atoms with Crippen LogP contribution in [0.5, 0.6) is 0 Å². The molecule has 0 saturated heterocycles. The Hall–Kier alpha value is -1.30. The molecule has 0 aliphatic heterocycles. The highest BCUT2D eigenvalue weighted by atomic mass is 16.4. The van der Waals surface area contributed by atoms with Crippen molar-refractivity contribution in [2.75, 3.05) is 33.7 Å². The van der Waals surface area contributed by atoms with Crippen molar-refractivity contribution < 1.29 is 14.7 Å². The molecule has 0 aromatic carbocycles. The lowest BCUT2D eigenvalue weighted by atomic mass is 9.86. The zero-order valence-corrected chi connectivity index (χ0v) is 11.9. The van der Waals surface area contributed by atoms with E-state index in [2.05, 4.69) is 10.6 Å². The molecular formula is C13H25N3O3. The van der Waals surface area contributed by atoms with Gasteiger partial charge in [-0.1, -0.05) is 12.8 Å². The zero-order chi connectivity index (χ0) is 14.3. The molecule has 0 bridgehead atoms. The molecule has 0 atom stereocenters. The van der Waals surface area contributed by atoms with Crippen molar-refractivity contribution in [2.24, 2.45) is 5.41 Å². The summed E-state index contributed by atoms with van der Waals surface area (Å²) in [7, 11) is 3.60. The van der Waals surface area contributed by atoms with E-state index in [1.54, 1.807) is 11.9 Å². The van der Waals surface area contributed by atoms with Gasteiger partial charge in [0.25, 0.3) is 0 Å². The Morgan fingerprint density at radius 2 is 1.95 bits per heavy atom. The fourth-order valence-electron chi connectivity index (χ4n) is 2.49. The Kier molecular flexibility index (Phi) is 6.08. The predicted molar refractivity (Wildman–Crippen MR) is 73.1 cm³/mol. The number of nitrogens with one attached hydrogen (secondary N) is 2. The van der Waals surface area contributed by atoms with Crippen molar-refractivity contribution in [3.8, 4) is 0 Å². The first kappa shape index (κ1) is 15.8. The number of amides is 2. The van der Waals surface area contributed by atoms with Gasteiger partial charge >= 0.3 is 12.0 Å². The summed E-state index contributed by atoms with van der Waals surface area (Å²) in [6, 6.07) is -0.191. The van der Waals surface area contributed by atoms with Gasteiger partial charge in [0.15, 0.2) is 0 Å². The maximum atomic E-state index is 11.9. The van der Waals surface area contributed by atoms with Crippen LogP contribution in [-0.4, -0.2) is 55.7 Å². The molecule has 0 radical (unpaired) electrons. The van der Waals surface area contributed by atoms with Crippen molar-refractivity contribution in [1.29, 1.82) is 0 Å². The number of urea groups is 1. The molecule has 2 amide bonds. The minimum absolute atomic E-state index is 0.191. The summed E-state index contributed by atoms with van der Waals surface area (Å²) in [5.41, 5.74) is -0.749. The maximum Gasteiger partial charge on any atom is 0.317 e. The molecule has 0 heterocycles. The van der Waals surface area contributed by atoms with Crippen molar-refractivity contribution in [3.63, 3.8) is 0 Å². The summed E-state index contributed by atoms with van der Waals surface area (Å²) in [4.78, 5) is 24.8. The van der Waals surface area contributed by atoms with Gasteiger partial charge in [0.1, 0.15) is 0 Å². The number of carboxylic acids is 1. The first-order valence-electron chi connectivity index (χ1n) is 6.89. The van der Waals surface area contributed by atoms with Gasteiger partial charge in [-0.15, -0.1) is 0 Å². The van der Waals surface area contributed by atoms with E-state index >= 15 is 0 Å². The highest BCUT2D eigenvalue weighted by Crippen LogP contribution is 2.37. The summed E-state index contributed by atoms with van der Waals surface area (Å²) >= 11 is 0. The summed E-state index contributed by atoms with van der Waals surface area (Å²) in [6.07, 6.45) is 4.06. The standard InChI is InChI=1S/C13H25N3O3/c1-14-8-5-9-16(2)12(19)15-10-13(11(17)18)6-3-4-7-13/h14H,3-10H2,1-2H3,(H,15,19)(H,17,18). The SMILES string of the molecule is CNCCCN(C)C(=O)NCC1(C(=O)O)CCCC1. The van der Waals surface area contributed by atoms with Crippen molar-refractivity contribution >= 4 is 12.0 Å². The average Bonchev–Trinajstić information content (AvgIpc) is 2.86. The molecule has 6 heteroatoms. The molecule has 0 spiro atoms. The van der Waals surface area contributed by atoms with Crippen molar-refractivity contribution in [2.45, 2.75) is 32.1 Å². The monoisotopic (exact) mass is 271 g/mol. The average molecular weight is 271 g/mol. The Morgan fingerprint density at radius 1 is 1.32 bits per heavy atom. The second-order valence-corrected chi connectivity index (χ2v) is 5.33. The first-order valence-corrected chi connectivity index (χ1v) is 6.89. The predicted octanol–water partition coefficient (Wildman–Crippen LogP) is 0.882. The number of rotatable bonds is 7. The molecule has 0 unspecified atom stereocenters. The van der Waals surface area contributed by atoms with Crippen LogP contribution < -0.4 is 10.6 Å². The van der Waals surface area contributed by atoms with Gasteiger partial charge in [-0.2, -0.15) is 0 Å². The number of carbonyl (C=O) groups is 2. The minimum Gasteiger partial charge on any atom is -0.481 e. The molecule has 3 N–H and O–H groups in total. The smallest absolute Gasteiger partial charge is 0.317 e. The van der Waals surface area contributed by atoms with Crippen LogP contribution in [0.2, 0.25) is 0 Å². The van der Waals surface area contributed by atoms with E-state index in [0.717, 1.165) is 25.8 Å². The second kappa shape index (κ2) is 7.33. The van der Waals surface area contributed by atoms with E-state index < -0.39 is 11.4 Å². The summed E-state index contributed by atoms with van der Waals surface area (Å²) < 4.78 is 0. The number of hydrogen-bond acceptors (Lipinski definition) is 3. The summed E-state index contributed by atoms with van der Waals surface area (Å²) in [5.74, 6) is -0.789. The molecule has 19 heavy (non-hydrogen) atoms. The lowest BCUT2D eigenvalue weighted by Crippen LogP contribution is -2.46. The van der Waals surface area contributed by atoms with Crippen LogP contribution in [0.3, 0.4) is 0 Å². The second-order valence-electron chi connectivity index (χ2n) is 5.33. The first-order chi connectivity index (χ1) is 9.02. The van der Waals surface area contributed by atoms with E-state index in [0.29, 0.717) is 19.4 Å². The number of carboxylic acid groups (broad SMARTS) is 1. The van der Waals surface area contributed by atoms with Gasteiger partial charge in [0, 0.05) is 20.1 Å². The van der Waals surface area contributed by atoms with Crippen LogP contribution in [0, 0.1) is 5.41 Å². The number of hydrogen-bond donors (Lipinski definition) is 3. The molecule has 1 aliphatic rings. The van der Waals surface area contributed by atoms with Gasteiger partial charge in [0.05, 0.1) is 5.41 Å². The highest BCUT2D eigenvalue weighted by molar-refractivity contribution is 5.78. The van der Waals surface area contributed by atoms with Crippen LogP contribution in [0.1, 0.15) is 32.1 Å². The van der Waals surface area contributed by atoms with Crippen LogP contribution >= 0.6 is 0 Å². The largest absolute Gasteiger partial charge is 0.481 e. The normalized spacial score (nSPS) is 17.2. The van der Waals surface area contributed by atoms with Crippen LogP contribution in [0.4, 0.5) is 4.79 Å². The Morgan fingerprint density at radius 3 is 2.47 bits per heavy atom. The van der Waals surface area contributed by atoms with Crippen molar-refractivity contribution in [1.82, 2.24) is 15.5 Å². The van der Waals surface area contributed by atoms with E-state index in [1.807, 2.05) is 7.05 Å². The molecule has 1 fully saturated rings. The number of carbonyl (C=O) groups excluding carboxylic acids is 1. The Balaban J connectivity index is 2.37. The van der Waals surface area contributed by atoms with Crippen LogP contribution in [0.25, 0.3) is 0 Å². The highest BCUT2D eigenvalue weighted by Gasteiger charge is 2.41. The maximum absolute atomic E-state index is 11.9.